The maximum atomic E-state index is 13.4. The molecule has 0 saturated heterocycles. The van der Waals surface area contributed by atoms with Gasteiger partial charge in [0.1, 0.15) is 5.82 Å². The third-order valence-electron chi connectivity index (χ3n) is 5.50. The fraction of sp³-hybridized carbons (Fsp3) is 0.185. The zero-order chi connectivity index (χ0) is 24.8. The second-order valence-electron chi connectivity index (χ2n) is 8.01. The molecular weight excluding hydrogens is 463 g/mol. The van der Waals surface area contributed by atoms with Gasteiger partial charge in [-0.15, -0.1) is 0 Å². The number of hydrogen-bond donors (Lipinski definition) is 0. The predicted octanol–water partition coefficient (Wildman–Crippen LogP) is 4.93. The fourth-order valence-corrected chi connectivity index (χ4v) is 4.53. The molecule has 0 spiro atoms. The van der Waals surface area contributed by atoms with Gasteiger partial charge >= 0.3 is 0 Å². The van der Waals surface area contributed by atoms with Gasteiger partial charge in [0, 0.05) is 12.2 Å². The molecule has 6 nitrogen and oxygen atoms in total. The molecule has 3 aromatic carbocycles. The monoisotopic (exact) mass is 486 g/mol. The molecule has 0 fully saturated rings. The lowest BCUT2D eigenvalue weighted by Gasteiger charge is -2.22. The Bertz CT molecular complexity index is 1440. The van der Waals surface area contributed by atoms with Crippen LogP contribution in [0, 0.1) is 24.1 Å². The number of para-hydroxylation sites is 1. The highest BCUT2D eigenvalue weighted by Crippen LogP contribution is 2.22. The Morgan fingerprint density at radius 1 is 1.09 bits per heavy atom. The van der Waals surface area contributed by atoms with Crippen molar-refractivity contribution in [3.63, 3.8) is 0 Å². The highest BCUT2D eigenvalue weighted by Gasteiger charge is 2.19. The number of fused-ring (bicyclic) bond motifs is 1. The first-order valence-corrected chi connectivity index (χ1v) is 12.1. The van der Waals surface area contributed by atoms with Gasteiger partial charge in [-0.3, -0.25) is 14.2 Å². The van der Waals surface area contributed by atoms with Gasteiger partial charge in [-0.05, 0) is 48.9 Å². The van der Waals surface area contributed by atoms with Crippen LogP contribution in [0.1, 0.15) is 17.5 Å². The van der Waals surface area contributed by atoms with Crippen molar-refractivity contribution in [3.05, 3.63) is 100 Å². The number of rotatable bonds is 8. The Kier molecular flexibility index (Phi) is 7.58. The van der Waals surface area contributed by atoms with E-state index in [2.05, 4.69) is 4.98 Å². The van der Waals surface area contributed by atoms with E-state index in [0.717, 1.165) is 11.1 Å². The minimum absolute atomic E-state index is 0.00147. The molecule has 0 saturated carbocycles. The van der Waals surface area contributed by atoms with Gasteiger partial charge < -0.3 is 4.90 Å². The fourth-order valence-electron chi connectivity index (χ4n) is 3.66. The van der Waals surface area contributed by atoms with Crippen LogP contribution in [-0.4, -0.2) is 27.8 Å². The number of aryl methyl sites for hydroxylation is 1. The summed E-state index contributed by atoms with van der Waals surface area (Å²) in [6, 6.07) is 22.7. The first-order valence-electron chi connectivity index (χ1n) is 11.1. The molecule has 4 rings (SSSR count). The van der Waals surface area contributed by atoms with Crippen molar-refractivity contribution in [2.75, 3.05) is 17.2 Å². The van der Waals surface area contributed by atoms with Crippen molar-refractivity contribution in [1.29, 1.82) is 5.26 Å². The standard InChI is InChI=1S/C27H23FN4O2S/c1-19-7-9-20(10-8-19)17-32-26(34)23-5-2-3-6-24(23)30-27(32)35-18-25(33)31(16-4-15-29)22-13-11-21(28)12-14-22/h2-3,5-14H,4,16-18H2,1H3. The van der Waals surface area contributed by atoms with Crippen LogP contribution in [0.4, 0.5) is 10.1 Å². The summed E-state index contributed by atoms with van der Waals surface area (Å²) >= 11 is 1.17. The smallest absolute Gasteiger partial charge is 0.262 e. The molecule has 4 aromatic rings. The Morgan fingerprint density at radius 3 is 2.51 bits per heavy atom. The van der Waals surface area contributed by atoms with Gasteiger partial charge in [0.2, 0.25) is 5.91 Å². The summed E-state index contributed by atoms with van der Waals surface area (Å²) in [6.07, 6.45) is 0.139. The average molecular weight is 487 g/mol. The van der Waals surface area contributed by atoms with Crippen molar-refractivity contribution in [2.45, 2.75) is 25.0 Å². The lowest BCUT2D eigenvalue weighted by Crippen LogP contribution is -2.33. The van der Waals surface area contributed by atoms with E-state index >= 15 is 0 Å². The molecule has 0 aliphatic heterocycles. The summed E-state index contributed by atoms with van der Waals surface area (Å²) in [5.41, 5.74) is 2.97. The summed E-state index contributed by atoms with van der Waals surface area (Å²) in [7, 11) is 0. The topological polar surface area (TPSA) is 79.0 Å². The maximum absolute atomic E-state index is 13.4. The Balaban J connectivity index is 1.64. The molecule has 8 heteroatoms. The van der Waals surface area contributed by atoms with Gasteiger partial charge in [-0.25, -0.2) is 9.37 Å². The number of carbonyl (C=O) groups is 1. The van der Waals surface area contributed by atoms with E-state index < -0.39 is 5.82 Å². The lowest BCUT2D eigenvalue weighted by molar-refractivity contribution is -0.116. The van der Waals surface area contributed by atoms with E-state index in [1.165, 1.54) is 40.9 Å². The Labute approximate surface area is 206 Å². The summed E-state index contributed by atoms with van der Waals surface area (Å²) in [5, 5.41) is 9.96. The van der Waals surface area contributed by atoms with Gasteiger partial charge in [0.15, 0.2) is 5.16 Å². The second kappa shape index (κ2) is 11.0. The molecule has 0 aliphatic carbocycles. The normalized spacial score (nSPS) is 10.8. The first kappa shape index (κ1) is 24.2. The molecule has 0 N–H and O–H groups in total. The molecule has 0 aliphatic rings. The van der Waals surface area contributed by atoms with Gasteiger partial charge in [0.25, 0.3) is 5.56 Å². The van der Waals surface area contributed by atoms with Gasteiger partial charge in [-0.1, -0.05) is 53.7 Å². The van der Waals surface area contributed by atoms with Gasteiger partial charge in [0.05, 0.1) is 35.7 Å². The maximum Gasteiger partial charge on any atom is 0.262 e. The largest absolute Gasteiger partial charge is 0.311 e. The summed E-state index contributed by atoms with van der Waals surface area (Å²) in [4.78, 5) is 32.6. The zero-order valence-electron chi connectivity index (χ0n) is 19.1. The van der Waals surface area contributed by atoms with E-state index in [1.807, 2.05) is 43.3 Å². The van der Waals surface area contributed by atoms with Crippen molar-refractivity contribution in [2.24, 2.45) is 0 Å². The average Bonchev–Trinajstić information content (AvgIpc) is 2.87. The van der Waals surface area contributed by atoms with Crippen LogP contribution in [0.25, 0.3) is 10.9 Å². The van der Waals surface area contributed by atoms with Crippen LogP contribution in [0.5, 0.6) is 0 Å². The molecule has 35 heavy (non-hydrogen) atoms. The minimum Gasteiger partial charge on any atom is -0.311 e. The van der Waals surface area contributed by atoms with Crippen molar-refractivity contribution in [3.8, 4) is 6.07 Å². The van der Waals surface area contributed by atoms with Crippen LogP contribution in [0.15, 0.2) is 82.7 Å². The molecule has 0 unspecified atom stereocenters. The minimum atomic E-state index is -0.406. The van der Waals surface area contributed by atoms with E-state index in [-0.39, 0.29) is 30.2 Å². The van der Waals surface area contributed by atoms with Gasteiger partial charge in [-0.2, -0.15) is 5.26 Å². The summed E-state index contributed by atoms with van der Waals surface area (Å²) in [6.45, 7) is 2.51. The lowest BCUT2D eigenvalue weighted by atomic mass is 10.1. The van der Waals surface area contributed by atoms with Crippen LogP contribution in [0.3, 0.4) is 0 Å². The van der Waals surface area contributed by atoms with Crippen LogP contribution < -0.4 is 10.5 Å². The number of halogens is 1. The summed E-state index contributed by atoms with van der Waals surface area (Å²) < 4.78 is 15.0. The highest BCUT2D eigenvalue weighted by atomic mass is 32.2. The molecule has 0 atom stereocenters. The Morgan fingerprint density at radius 2 is 1.80 bits per heavy atom. The highest BCUT2D eigenvalue weighted by molar-refractivity contribution is 7.99. The third-order valence-corrected chi connectivity index (χ3v) is 6.46. The number of anilines is 1. The number of hydrogen-bond acceptors (Lipinski definition) is 5. The number of nitriles is 1. The van der Waals surface area contributed by atoms with Crippen LogP contribution in [0.2, 0.25) is 0 Å². The zero-order valence-corrected chi connectivity index (χ0v) is 20.0. The molecule has 1 aromatic heterocycles. The van der Waals surface area contributed by atoms with Crippen molar-refractivity contribution < 1.29 is 9.18 Å². The number of nitrogens with zero attached hydrogens (tertiary/aromatic N) is 4. The number of amides is 1. The second-order valence-corrected chi connectivity index (χ2v) is 8.95. The number of benzene rings is 3. The SMILES string of the molecule is Cc1ccc(Cn2c(SCC(=O)N(CCC#N)c3ccc(F)cc3)nc3ccccc3c2=O)cc1. The van der Waals surface area contributed by atoms with E-state index in [1.54, 1.807) is 22.8 Å². The quantitative estimate of drug-likeness (QED) is 0.261. The molecule has 1 amide bonds. The van der Waals surface area contributed by atoms with Crippen molar-refractivity contribution in [1.82, 2.24) is 9.55 Å². The first-order chi connectivity index (χ1) is 17.0. The number of carbonyl (C=O) groups excluding carboxylic acids is 1. The van der Waals surface area contributed by atoms with E-state index in [4.69, 9.17) is 5.26 Å². The van der Waals surface area contributed by atoms with E-state index in [0.29, 0.717) is 28.3 Å². The molecular formula is C27H23FN4O2S. The van der Waals surface area contributed by atoms with Crippen LogP contribution in [-0.2, 0) is 11.3 Å². The van der Waals surface area contributed by atoms with Crippen molar-refractivity contribution >= 4 is 34.3 Å². The number of aromatic nitrogens is 2. The molecule has 1 heterocycles. The Hall–Kier alpha value is -3.96. The molecule has 176 valence electrons. The third kappa shape index (κ3) is 5.76. The predicted molar refractivity (Wildman–Crippen MR) is 136 cm³/mol. The van der Waals surface area contributed by atoms with Crippen LogP contribution >= 0.6 is 11.8 Å². The summed E-state index contributed by atoms with van der Waals surface area (Å²) in [5.74, 6) is -0.668. The van der Waals surface area contributed by atoms with E-state index in [9.17, 15) is 14.0 Å². The number of thioether (sulfide) groups is 1. The molecule has 0 radical (unpaired) electrons. The molecule has 0 bridgehead atoms.